The summed E-state index contributed by atoms with van der Waals surface area (Å²) in [7, 11) is 0. The normalized spacial score (nSPS) is 17.9. The van der Waals surface area contributed by atoms with Crippen molar-refractivity contribution in [2.24, 2.45) is 11.7 Å². The predicted octanol–water partition coefficient (Wildman–Crippen LogP) is 1.35. The molecule has 0 aromatic heterocycles. The van der Waals surface area contributed by atoms with Crippen LogP contribution in [0.2, 0.25) is 0 Å². The first kappa shape index (κ1) is 15.4. The molecule has 1 amide bonds. The van der Waals surface area contributed by atoms with E-state index in [1.165, 1.54) is 19.3 Å². The van der Waals surface area contributed by atoms with Crippen LogP contribution in [0, 0.1) is 5.92 Å². The van der Waals surface area contributed by atoms with E-state index >= 15 is 0 Å². The highest BCUT2D eigenvalue weighted by Gasteiger charge is 2.31. The Bertz CT molecular complexity index is 251. The lowest BCUT2D eigenvalue weighted by molar-refractivity contribution is -0.127. The highest BCUT2D eigenvalue weighted by atomic mass is 16.2. The van der Waals surface area contributed by atoms with Crippen LogP contribution >= 0.6 is 0 Å². The van der Waals surface area contributed by atoms with E-state index in [2.05, 4.69) is 24.1 Å². The maximum Gasteiger partial charge on any atom is 0.237 e. The molecule has 0 aromatic carbocycles. The van der Waals surface area contributed by atoms with Crippen molar-refractivity contribution >= 4 is 5.91 Å². The number of hydrogen-bond acceptors (Lipinski definition) is 3. The van der Waals surface area contributed by atoms with Crippen LogP contribution in [0.3, 0.4) is 0 Å². The van der Waals surface area contributed by atoms with Crippen molar-refractivity contribution in [2.45, 2.75) is 58.5 Å². The van der Waals surface area contributed by atoms with Crippen LogP contribution in [0.4, 0.5) is 0 Å². The van der Waals surface area contributed by atoms with E-state index < -0.39 is 0 Å². The molecular formula is C14H29N3O. The quantitative estimate of drug-likeness (QED) is 0.688. The lowest BCUT2D eigenvalue weighted by Gasteiger charge is -2.40. The van der Waals surface area contributed by atoms with Crippen LogP contribution in [0.25, 0.3) is 0 Å². The van der Waals surface area contributed by atoms with Gasteiger partial charge in [-0.2, -0.15) is 0 Å². The van der Waals surface area contributed by atoms with E-state index in [4.69, 9.17) is 5.73 Å². The SMILES string of the molecule is CC(C)CNC(=O)C(C)N(CCCN)C1CCC1. The van der Waals surface area contributed by atoms with Gasteiger partial charge in [-0.1, -0.05) is 20.3 Å². The van der Waals surface area contributed by atoms with Crippen molar-refractivity contribution in [3.8, 4) is 0 Å². The van der Waals surface area contributed by atoms with Gasteiger partial charge in [-0.3, -0.25) is 9.69 Å². The lowest BCUT2D eigenvalue weighted by Crippen LogP contribution is -2.52. The molecule has 106 valence electrons. The second kappa shape index (κ2) is 7.74. The molecule has 0 aliphatic heterocycles. The van der Waals surface area contributed by atoms with E-state index in [-0.39, 0.29) is 11.9 Å². The summed E-state index contributed by atoms with van der Waals surface area (Å²) in [4.78, 5) is 14.5. The monoisotopic (exact) mass is 255 g/mol. The van der Waals surface area contributed by atoms with Gasteiger partial charge in [0.2, 0.25) is 5.91 Å². The van der Waals surface area contributed by atoms with Gasteiger partial charge in [0, 0.05) is 19.1 Å². The average Bonchev–Trinajstić information content (AvgIpc) is 2.27. The van der Waals surface area contributed by atoms with Crippen molar-refractivity contribution < 1.29 is 4.79 Å². The van der Waals surface area contributed by atoms with Gasteiger partial charge in [0.1, 0.15) is 0 Å². The van der Waals surface area contributed by atoms with Crippen molar-refractivity contribution in [3.05, 3.63) is 0 Å². The highest BCUT2D eigenvalue weighted by Crippen LogP contribution is 2.26. The molecule has 1 fully saturated rings. The van der Waals surface area contributed by atoms with Crippen LogP contribution in [0.1, 0.15) is 46.5 Å². The van der Waals surface area contributed by atoms with Gasteiger partial charge in [0.15, 0.2) is 0 Å². The van der Waals surface area contributed by atoms with Crippen molar-refractivity contribution in [1.82, 2.24) is 10.2 Å². The van der Waals surface area contributed by atoms with Gasteiger partial charge in [-0.15, -0.1) is 0 Å². The Morgan fingerprint density at radius 1 is 1.39 bits per heavy atom. The standard InChI is InChI=1S/C14H29N3O/c1-11(2)10-16-14(18)12(3)17(9-5-8-15)13-6-4-7-13/h11-13H,4-10,15H2,1-3H3,(H,16,18). The fourth-order valence-corrected chi connectivity index (χ4v) is 2.29. The molecule has 0 bridgehead atoms. The third-order valence-electron chi connectivity index (χ3n) is 3.73. The average molecular weight is 255 g/mol. The molecule has 3 N–H and O–H groups in total. The zero-order valence-corrected chi connectivity index (χ0v) is 12.1. The van der Waals surface area contributed by atoms with Crippen LogP contribution in [-0.4, -0.2) is 42.5 Å². The third-order valence-corrected chi connectivity index (χ3v) is 3.73. The van der Waals surface area contributed by atoms with E-state index in [1.54, 1.807) is 0 Å². The fourth-order valence-electron chi connectivity index (χ4n) is 2.29. The number of nitrogens with two attached hydrogens (primary N) is 1. The summed E-state index contributed by atoms with van der Waals surface area (Å²) >= 11 is 0. The zero-order chi connectivity index (χ0) is 13.5. The summed E-state index contributed by atoms with van der Waals surface area (Å²) in [6, 6.07) is 0.567. The molecule has 0 heterocycles. The molecule has 4 nitrogen and oxygen atoms in total. The molecule has 1 rings (SSSR count). The predicted molar refractivity (Wildman–Crippen MR) is 75.3 cm³/mol. The molecular weight excluding hydrogens is 226 g/mol. The maximum atomic E-state index is 12.1. The van der Waals surface area contributed by atoms with Crippen LogP contribution in [-0.2, 0) is 4.79 Å². The van der Waals surface area contributed by atoms with Gasteiger partial charge in [0.05, 0.1) is 6.04 Å². The minimum Gasteiger partial charge on any atom is -0.354 e. The molecule has 0 saturated heterocycles. The summed E-state index contributed by atoms with van der Waals surface area (Å²) in [5.74, 6) is 0.662. The van der Waals surface area contributed by atoms with Crippen molar-refractivity contribution in [3.63, 3.8) is 0 Å². The number of hydrogen-bond donors (Lipinski definition) is 2. The van der Waals surface area contributed by atoms with Gasteiger partial charge in [-0.25, -0.2) is 0 Å². The van der Waals surface area contributed by atoms with Gasteiger partial charge < -0.3 is 11.1 Å². The molecule has 18 heavy (non-hydrogen) atoms. The minimum atomic E-state index is -0.0272. The Hall–Kier alpha value is -0.610. The fraction of sp³-hybridized carbons (Fsp3) is 0.929. The molecule has 1 saturated carbocycles. The molecule has 1 unspecified atom stereocenters. The topological polar surface area (TPSA) is 58.4 Å². The Kier molecular flexibility index (Phi) is 6.65. The largest absolute Gasteiger partial charge is 0.354 e. The lowest BCUT2D eigenvalue weighted by atomic mass is 9.90. The summed E-state index contributed by atoms with van der Waals surface area (Å²) in [5, 5.41) is 3.03. The van der Waals surface area contributed by atoms with E-state index in [0.29, 0.717) is 18.5 Å². The first-order chi connectivity index (χ1) is 8.56. The molecule has 0 radical (unpaired) electrons. The molecule has 1 aliphatic rings. The van der Waals surface area contributed by atoms with Gasteiger partial charge in [-0.05, 0) is 38.6 Å². The molecule has 0 spiro atoms. The van der Waals surface area contributed by atoms with E-state index in [0.717, 1.165) is 19.5 Å². The first-order valence-corrected chi connectivity index (χ1v) is 7.29. The molecule has 1 aliphatic carbocycles. The Morgan fingerprint density at radius 2 is 2.06 bits per heavy atom. The number of nitrogens with one attached hydrogen (secondary N) is 1. The number of carbonyl (C=O) groups is 1. The Labute approximate surface area is 111 Å². The van der Waals surface area contributed by atoms with Gasteiger partial charge >= 0.3 is 0 Å². The highest BCUT2D eigenvalue weighted by molar-refractivity contribution is 5.81. The molecule has 4 heteroatoms. The Balaban J connectivity index is 2.46. The summed E-state index contributed by atoms with van der Waals surface area (Å²) in [6.07, 6.45) is 4.72. The molecule has 0 aromatic rings. The maximum absolute atomic E-state index is 12.1. The first-order valence-electron chi connectivity index (χ1n) is 7.29. The number of rotatable bonds is 8. The zero-order valence-electron chi connectivity index (χ0n) is 12.1. The van der Waals surface area contributed by atoms with Crippen LogP contribution < -0.4 is 11.1 Å². The number of nitrogens with zero attached hydrogens (tertiary/aromatic N) is 1. The number of carbonyl (C=O) groups excluding carboxylic acids is 1. The van der Waals surface area contributed by atoms with Crippen LogP contribution in [0.5, 0.6) is 0 Å². The summed E-state index contributed by atoms with van der Waals surface area (Å²) in [6.45, 7) is 8.65. The van der Waals surface area contributed by atoms with E-state index in [9.17, 15) is 4.79 Å². The van der Waals surface area contributed by atoms with Crippen molar-refractivity contribution in [2.75, 3.05) is 19.6 Å². The number of amides is 1. The second-order valence-corrected chi connectivity index (χ2v) is 5.78. The van der Waals surface area contributed by atoms with Crippen molar-refractivity contribution in [1.29, 1.82) is 0 Å². The third kappa shape index (κ3) is 4.58. The minimum absolute atomic E-state index is 0.0272. The summed E-state index contributed by atoms with van der Waals surface area (Å²) < 4.78 is 0. The van der Waals surface area contributed by atoms with E-state index in [1.807, 2.05) is 6.92 Å². The summed E-state index contributed by atoms with van der Waals surface area (Å²) in [5.41, 5.74) is 5.58. The van der Waals surface area contributed by atoms with Crippen LogP contribution in [0.15, 0.2) is 0 Å². The molecule has 1 atom stereocenters. The second-order valence-electron chi connectivity index (χ2n) is 5.78. The van der Waals surface area contributed by atoms with Gasteiger partial charge in [0.25, 0.3) is 0 Å². The smallest absolute Gasteiger partial charge is 0.237 e. The Morgan fingerprint density at radius 3 is 2.50 bits per heavy atom.